The number of ether oxygens (including phenoxy) is 6. The van der Waals surface area contributed by atoms with Crippen LogP contribution in [0.25, 0.3) is 6.08 Å². The van der Waals surface area contributed by atoms with Crippen molar-refractivity contribution in [1.29, 1.82) is 0 Å². The lowest BCUT2D eigenvalue weighted by atomic mass is 9.68. The quantitative estimate of drug-likeness (QED) is 0.229. The third-order valence-electron chi connectivity index (χ3n) is 7.32. The van der Waals surface area contributed by atoms with Crippen LogP contribution in [0.4, 0.5) is 0 Å². The second-order valence-electron chi connectivity index (χ2n) is 9.80. The summed E-state index contributed by atoms with van der Waals surface area (Å²) in [5.41, 5.74) is 1.48. The highest BCUT2D eigenvalue weighted by atomic mass is 16.6. The number of rotatable bonds is 9. The van der Waals surface area contributed by atoms with Crippen molar-refractivity contribution >= 4 is 12.0 Å². The van der Waals surface area contributed by atoms with Gasteiger partial charge in [0.05, 0.1) is 32.8 Å². The van der Waals surface area contributed by atoms with Crippen LogP contribution in [-0.2, 0) is 23.7 Å². The fourth-order valence-electron chi connectivity index (χ4n) is 5.38. The maximum Gasteiger partial charge on any atom is 0.331 e. The fourth-order valence-corrected chi connectivity index (χ4v) is 5.38. The molecule has 2 aliphatic heterocycles. The molecule has 6 atom stereocenters. The predicted octanol–water partition coefficient (Wildman–Crippen LogP) is 4.34. The van der Waals surface area contributed by atoms with Gasteiger partial charge in [-0.1, -0.05) is 17.7 Å². The van der Waals surface area contributed by atoms with Crippen LogP contribution >= 0.6 is 0 Å². The van der Waals surface area contributed by atoms with Gasteiger partial charge in [-0.3, -0.25) is 0 Å². The first-order valence-electron chi connectivity index (χ1n) is 11.8. The standard InChI is InChI=1S/C27H36O7/c1-17(2)7-11-22-26(3,34-22)25-24(31-6)20(13-14-27(25)16-32-27)33-23(28)12-9-18-8-10-19(29-4)21(15-18)30-5/h7-10,12,15,20,22,24-25H,11,13-14,16H2,1-6H3/b12-9+/t20-,22?,24-,25-,26?,27+/m1/s1. The van der Waals surface area contributed by atoms with Crippen LogP contribution in [0.2, 0.25) is 0 Å². The van der Waals surface area contributed by atoms with E-state index in [2.05, 4.69) is 26.8 Å². The van der Waals surface area contributed by atoms with Gasteiger partial charge in [0.25, 0.3) is 0 Å². The minimum absolute atomic E-state index is 0.00180. The maximum absolute atomic E-state index is 12.7. The molecule has 2 unspecified atom stereocenters. The summed E-state index contributed by atoms with van der Waals surface area (Å²) in [5.74, 6) is 0.828. The van der Waals surface area contributed by atoms with Crippen LogP contribution in [0.15, 0.2) is 35.9 Å². The van der Waals surface area contributed by atoms with E-state index < -0.39 is 5.97 Å². The molecule has 0 N–H and O–H groups in total. The number of methoxy groups -OCH3 is 3. The van der Waals surface area contributed by atoms with Gasteiger partial charge in [0.1, 0.15) is 23.4 Å². The van der Waals surface area contributed by atoms with E-state index in [9.17, 15) is 4.79 Å². The summed E-state index contributed by atoms with van der Waals surface area (Å²) in [4.78, 5) is 12.7. The zero-order valence-corrected chi connectivity index (χ0v) is 21.0. The Hall–Kier alpha value is -2.35. The van der Waals surface area contributed by atoms with E-state index >= 15 is 0 Å². The summed E-state index contributed by atoms with van der Waals surface area (Å²) in [6.07, 6.45) is 7.19. The molecule has 1 aromatic rings. The van der Waals surface area contributed by atoms with Gasteiger partial charge in [0, 0.05) is 13.2 Å². The Labute approximate surface area is 202 Å². The molecule has 1 spiro atoms. The molecule has 1 saturated carbocycles. The lowest BCUT2D eigenvalue weighted by Gasteiger charge is -2.42. The van der Waals surface area contributed by atoms with Gasteiger partial charge in [0.15, 0.2) is 11.5 Å². The van der Waals surface area contributed by atoms with Crippen LogP contribution in [-0.4, -0.2) is 63.4 Å². The third-order valence-corrected chi connectivity index (χ3v) is 7.32. The number of carbonyl (C=O) groups excluding carboxylic acids is 1. The van der Waals surface area contributed by atoms with Crippen LogP contribution < -0.4 is 9.47 Å². The molecule has 4 rings (SSSR count). The minimum Gasteiger partial charge on any atom is -0.493 e. The molecule has 34 heavy (non-hydrogen) atoms. The SMILES string of the molecule is COc1ccc(/C=C/C(=O)O[C@@H]2CC[C@]3(CO3)[C@@H](C3(C)OC3CC=C(C)C)[C@@H]2OC)cc1OC. The molecule has 1 aliphatic carbocycles. The van der Waals surface area contributed by atoms with E-state index in [0.29, 0.717) is 24.5 Å². The van der Waals surface area contributed by atoms with Crippen molar-refractivity contribution in [2.45, 2.75) is 69.5 Å². The summed E-state index contributed by atoms with van der Waals surface area (Å²) >= 11 is 0. The maximum atomic E-state index is 12.7. The smallest absolute Gasteiger partial charge is 0.331 e. The Morgan fingerprint density at radius 3 is 2.53 bits per heavy atom. The minimum atomic E-state index is -0.406. The summed E-state index contributed by atoms with van der Waals surface area (Å²) in [6, 6.07) is 5.46. The lowest BCUT2D eigenvalue weighted by Crippen LogP contribution is -2.55. The van der Waals surface area contributed by atoms with Crippen LogP contribution in [0.3, 0.4) is 0 Å². The number of carbonyl (C=O) groups is 1. The highest BCUT2D eigenvalue weighted by Crippen LogP contribution is 2.59. The van der Waals surface area contributed by atoms with E-state index in [1.807, 2.05) is 12.1 Å². The molecule has 7 heteroatoms. The topological polar surface area (TPSA) is 79.1 Å². The van der Waals surface area contributed by atoms with E-state index in [4.69, 9.17) is 28.4 Å². The van der Waals surface area contributed by atoms with Crippen molar-refractivity contribution in [2.75, 3.05) is 27.9 Å². The summed E-state index contributed by atoms with van der Waals surface area (Å²) < 4.78 is 34.6. The third kappa shape index (κ3) is 4.88. The molecular weight excluding hydrogens is 436 g/mol. The normalized spacial score (nSPS) is 34.1. The number of hydrogen-bond donors (Lipinski definition) is 0. The molecule has 1 aromatic carbocycles. The second kappa shape index (κ2) is 9.72. The van der Waals surface area contributed by atoms with E-state index in [1.165, 1.54) is 11.6 Å². The molecule has 3 aliphatic rings. The van der Waals surface area contributed by atoms with Gasteiger partial charge in [-0.25, -0.2) is 4.79 Å². The monoisotopic (exact) mass is 472 g/mol. The number of benzene rings is 1. The molecule has 0 bridgehead atoms. The molecule has 0 aromatic heterocycles. The average molecular weight is 473 g/mol. The van der Waals surface area contributed by atoms with Gasteiger partial charge < -0.3 is 28.4 Å². The molecule has 7 nitrogen and oxygen atoms in total. The van der Waals surface area contributed by atoms with Crippen LogP contribution in [0, 0.1) is 5.92 Å². The van der Waals surface area contributed by atoms with Crippen molar-refractivity contribution in [3.05, 3.63) is 41.5 Å². The highest BCUT2D eigenvalue weighted by Gasteiger charge is 2.72. The van der Waals surface area contributed by atoms with Gasteiger partial charge >= 0.3 is 5.97 Å². The highest BCUT2D eigenvalue weighted by molar-refractivity contribution is 5.87. The number of esters is 1. The van der Waals surface area contributed by atoms with Gasteiger partial charge in [-0.05, 0) is 63.8 Å². The van der Waals surface area contributed by atoms with E-state index in [0.717, 1.165) is 18.4 Å². The van der Waals surface area contributed by atoms with Crippen molar-refractivity contribution in [3.63, 3.8) is 0 Å². The Morgan fingerprint density at radius 1 is 1.18 bits per heavy atom. The number of allylic oxidation sites excluding steroid dienone is 1. The molecule has 3 fully saturated rings. The number of hydrogen-bond acceptors (Lipinski definition) is 7. The Kier molecular flexibility index (Phi) is 7.08. The van der Waals surface area contributed by atoms with Crippen molar-refractivity contribution in [1.82, 2.24) is 0 Å². The molecule has 2 saturated heterocycles. The molecule has 186 valence electrons. The summed E-state index contributed by atoms with van der Waals surface area (Å²) in [5, 5.41) is 0. The summed E-state index contributed by atoms with van der Waals surface area (Å²) in [6.45, 7) is 7.02. The van der Waals surface area contributed by atoms with Crippen molar-refractivity contribution < 1.29 is 33.2 Å². The molecule has 0 amide bonds. The zero-order valence-electron chi connectivity index (χ0n) is 21.0. The molecule has 2 heterocycles. The predicted molar refractivity (Wildman–Crippen MR) is 128 cm³/mol. The van der Waals surface area contributed by atoms with Crippen molar-refractivity contribution in [3.8, 4) is 11.5 Å². The first-order valence-corrected chi connectivity index (χ1v) is 11.8. The first-order chi connectivity index (χ1) is 16.3. The molecule has 0 radical (unpaired) electrons. The Balaban J connectivity index is 1.45. The second-order valence-corrected chi connectivity index (χ2v) is 9.80. The number of epoxide rings is 2. The van der Waals surface area contributed by atoms with Gasteiger partial charge in [-0.15, -0.1) is 0 Å². The van der Waals surface area contributed by atoms with Crippen LogP contribution in [0.5, 0.6) is 11.5 Å². The summed E-state index contributed by atoms with van der Waals surface area (Å²) in [7, 11) is 4.84. The lowest BCUT2D eigenvalue weighted by molar-refractivity contribution is -0.166. The zero-order chi connectivity index (χ0) is 24.5. The van der Waals surface area contributed by atoms with Crippen LogP contribution in [0.1, 0.15) is 45.6 Å². The van der Waals surface area contributed by atoms with Gasteiger partial charge in [-0.2, -0.15) is 0 Å². The van der Waals surface area contributed by atoms with E-state index in [-0.39, 0.29) is 35.4 Å². The fraction of sp³-hybridized carbons (Fsp3) is 0.593. The van der Waals surface area contributed by atoms with Gasteiger partial charge in [0.2, 0.25) is 0 Å². The van der Waals surface area contributed by atoms with E-state index in [1.54, 1.807) is 33.5 Å². The molecular formula is C27H36O7. The largest absolute Gasteiger partial charge is 0.493 e. The first kappa shape index (κ1) is 24.8. The van der Waals surface area contributed by atoms with Crippen molar-refractivity contribution in [2.24, 2.45) is 5.92 Å². The average Bonchev–Trinajstić information content (AvgIpc) is 3.74. The Bertz CT molecular complexity index is 960. The Morgan fingerprint density at radius 2 is 1.91 bits per heavy atom.